The van der Waals surface area contributed by atoms with Crippen LogP contribution < -0.4 is 4.89 Å². The first-order chi connectivity index (χ1) is 38.5. The molecule has 0 radical (unpaired) electrons. The molecule has 2 atom stereocenters. The molecule has 0 fully saturated rings. The average molecular weight is 1130 g/mol. The summed E-state index contributed by atoms with van der Waals surface area (Å²) in [6.45, 7) is 4.16. The van der Waals surface area contributed by atoms with Crippen LogP contribution in [0.3, 0.4) is 0 Å². The third kappa shape index (κ3) is 64.7. The second kappa shape index (κ2) is 60.3. The van der Waals surface area contributed by atoms with Crippen molar-refractivity contribution in [3.8, 4) is 0 Å². The van der Waals surface area contributed by atoms with E-state index in [0.717, 1.165) is 70.6 Å². The maximum absolute atomic E-state index is 12.8. The number of quaternary nitrogens is 1. The van der Waals surface area contributed by atoms with Crippen LogP contribution in [0.1, 0.15) is 316 Å². The molecule has 462 valence electrons. The molecule has 0 aliphatic heterocycles. The zero-order valence-electron chi connectivity index (χ0n) is 52.6. The van der Waals surface area contributed by atoms with Gasteiger partial charge in [0, 0.05) is 12.8 Å². The number of nitrogens with zero attached hydrogens (tertiary/aromatic N) is 1. The number of likely N-dealkylation sites (N-methyl/N-ethyl adjacent to an activating group) is 1. The number of esters is 2. The van der Waals surface area contributed by atoms with E-state index in [0.29, 0.717) is 17.4 Å². The lowest BCUT2D eigenvalue weighted by Crippen LogP contribution is -2.37. The normalized spacial score (nSPS) is 13.5. The number of hydrogen-bond acceptors (Lipinski definition) is 8. The van der Waals surface area contributed by atoms with E-state index >= 15 is 0 Å². The van der Waals surface area contributed by atoms with Crippen LogP contribution in [0.15, 0.2) is 60.8 Å². The Balaban J connectivity index is 3.95. The molecule has 10 heteroatoms. The van der Waals surface area contributed by atoms with Gasteiger partial charge in [-0.15, -0.1) is 0 Å². The number of ether oxygens (including phenoxy) is 2. The summed E-state index contributed by atoms with van der Waals surface area (Å²) in [7, 11) is 1.18. The van der Waals surface area contributed by atoms with Gasteiger partial charge in [0.2, 0.25) is 0 Å². The van der Waals surface area contributed by atoms with Crippen molar-refractivity contribution < 1.29 is 42.1 Å². The number of hydrogen-bond donors (Lipinski definition) is 0. The van der Waals surface area contributed by atoms with Gasteiger partial charge in [0.15, 0.2) is 6.10 Å². The quantitative estimate of drug-likeness (QED) is 0.0195. The minimum atomic E-state index is -4.64. The summed E-state index contributed by atoms with van der Waals surface area (Å²) >= 11 is 0. The number of carbonyl (C=O) groups excluding carboxylic acids is 2. The van der Waals surface area contributed by atoms with Gasteiger partial charge in [0.1, 0.15) is 19.8 Å². The molecule has 0 spiro atoms. The van der Waals surface area contributed by atoms with Crippen molar-refractivity contribution in [1.82, 2.24) is 0 Å². The summed E-state index contributed by atoms with van der Waals surface area (Å²) in [6.07, 6.45) is 78.8. The van der Waals surface area contributed by atoms with Gasteiger partial charge in [-0.05, 0) is 77.0 Å². The lowest BCUT2D eigenvalue weighted by atomic mass is 10.0. The average Bonchev–Trinajstić information content (AvgIpc) is 3.41. The van der Waals surface area contributed by atoms with E-state index in [2.05, 4.69) is 74.6 Å². The van der Waals surface area contributed by atoms with E-state index in [-0.39, 0.29) is 32.0 Å². The van der Waals surface area contributed by atoms with Gasteiger partial charge in [0.05, 0.1) is 27.7 Å². The molecule has 0 saturated heterocycles. The Morgan fingerprint density at radius 2 is 0.722 bits per heavy atom. The van der Waals surface area contributed by atoms with Gasteiger partial charge < -0.3 is 27.9 Å². The molecular weight excluding hydrogens is 1000 g/mol. The molecule has 0 amide bonds. The van der Waals surface area contributed by atoms with Crippen molar-refractivity contribution in [2.24, 2.45) is 0 Å². The Bertz CT molecular complexity index is 1520. The van der Waals surface area contributed by atoms with E-state index in [1.165, 1.54) is 212 Å². The Labute approximate surface area is 489 Å². The monoisotopic (exact) mass is 1130 g/mol. The van der Waals surface area contributed by atoms with Crippen molar-refractivity contribution in [3.63, 3.8) is 0 Å². The lowest BCUT2D eigenvalue weighted by Gasteiger charge is -2.28. The molecule has 0 N–H and O–H groups in total. The predicted molar refractivity (Wildman–Crippen MR) is 337 cm³/mol. The molecule has 0 rings (SSSR count). The van der Waals surface area contributed by atoms with Gasteiger partial charge in [-0.25, -0.2) is 0 Å². The van der Waals surface area contributed by atoms with Crippen LogP contribution in [-0.4, -0.2) is 70.0 Å². The first-order valence-corrected chi connectivity index (χ1v) is 35.0. The Kier molecular flexibility index (Phi) is 58.6. The third-order valence-electron chi connectivity index (χ3n) is 14.8. The summed E-state index contributed by atoms with van der Waals surface area (Å²) in [6, 6.07) is 0. The van der Waals surface area contributed by atoms with Crippen LogP contribution in [0.4, 0.5) is 0 Å². The Hall–Kier alpha value is -2.29. The highest BCUT2D eigenvalue weighted by atomic mass is 31.2. The summed E-state index contributed by atoms with van der Waals surface area (Å²) in [5, 5.41) is 0. The van der Waals surface area contributed by atoms with Crippen LogP contribution in [0.2, 0.25) is 0 Å². The smallest absolute Gasteiger partial charge is 0.306 e. The molecule has 0 aliphatic carbocycles. The molecule has 0 aliphatic rings. The van der Waals surface area contributed by atoms with Crippen LogP contribution in [-0.2, 0) is 32.7 Å². The van der Waals surface area contributed by atoms with Crippen molar-refractivity contribution in [3.05, 3.63) is 60.8 Å². The molecule has 9 nitrogen and oxygen atoms in total. The number of unbranched alkanes of at least 4 members (excludes halogenated alkanes) is 38. The second-order valence-corrected chi connectivity index (χ2v) is 25.2. The highest BCUT2D eigenvalue weighted by Gasteiger charge is 2.22. The van der Waals surface area contributed by atoms with E-state index in [1.54, 1.807) is 0 Å². The molecule has 0 aromatic rings. The fourth-order valence-corrected chi connectivity index (χ4v) is 10.4. The van der Waals surface area contributed by atoms with E-state index in [4.69, 9.17) is 18.5 Å². The number of phosphoric acid groups is 1. The van der Waals surface area contributed by atoms with Crippen molar-refractivity contribution in [2.75, 3.05) is 47.5 Å². The summed E-state index contributed by atoms with van der Waals surface area (Å²) in [5.41, 5.74) is 0. The summed E-state index contributed by atoms with van der Waals surface area (Å²) in [4.78, 5) is 38.0. The standard InChI is InChI=1S/C69H128NO8P/c1-6-8-10-12-14-16-18-20-22-24-26-27-28-29-30-31-32-33-34-35-36-37-38-39-40-41-42-43-44-46-48-50-52-54-56-58-60-62-69(72)78-67(66-77-79(73,74)76-64-63-70(3,4)5)65-75-68(71)61-59-57-55-53-51-49-47-45-25-23-21-19-17-15-13-11-9-7-2/h8,10,14,16,20,22-23,25-27,67H,6-7,9,11-13,15,17-19,21,24,28-66H2,1-5H3/b10-8-,16-14-,22-20-,25-23-,27-26-. The van der Waals surface area contributed by atoms with Crippen LogP contribution >= 0.6 is 7.82 Å². The fraction of sp³-hybridized carbons (Fsp3) is 0.826. The highest BCUT2D eigenvalue weighted by molar-refractivity contribution is 7.45. The number of phosphoric ester groups is 1. The van der Waals surface area contributed by atoms with Crippen LogP contribution in [0, 0.1) is 0 Å². The number of carbonyl (C=O) groups is 2. The molecule has 0 bridgehead atoms. The molecule has 0 aromatic carbocycles. The van der Waals surface area contributed by atoms with Crippen molar-refractivity contribution in [1.29, 1.82) is 0 Å². The molecule has 79 heavy (non-hydrogen) atoms. The molecule has 2 unspecified atom stereocenters. The van der Waals surface area contributed by atoms with Crippen LogP contribution in [0.25, 0.3) is 0 Å². The second-order valence-electron chi connectivity index (χ2n) is 23.8. The van der Waals surface area contributed by atoms with Gasteiger partial charge in [-0.1, -0.05) is 286 Å². The van der Waals surface area contributed by atoms with Gasteiger partial charge in [-0.3, -0.25) is 14.2 Å². The largest absolute Gasteiger partial charge is 0.756 e. The third-order valence-corrected chi connectivity index (χ3v) is 15.7. The number of allylic oxidation sites excluding steroid dienone is 10. The molecular formula is C69H128NO8P. The first-order valence-electron chi connectivity index (χ1n) is 33.5. The topological polar surface area (TPSA) is 111 Å². The van der Waals surface area contributed by atoms with Gasteiger partial charge >= 0.3 is 11.9 Å². The highest BCUT2D eigenvalue weighted by Crippen LogP contribution is 2.38. The molecule has 0 aromatic heterocycles. The predicted octanol–water partition coefficient (Wildman–Crippen LogP) is 20.8. The minimum absolute atomic E-state index is 0.0301. The van der Waals surface area contributed by atoms with Gasteiger partial charge in [-0.2, -0.15) is 0 Å². The number of rotatable bonds is 62. The van der Waals surface area contributed by atoms with Crippen LogP contribution in [0.5, 0.6) is 0 Å². The van der Waals surface area contributed by atoms with E-state index in [1.807, 2.05) is 21.1 Å². The summed E-state index contributed by atoms with van der Waals surface area (Å²) < 4.78 is 34.2. The minimum Gasteiger partial charge on any atom is -0.756 e. The van der Waals surface area contributed by atoms with E-state index < -0.39 is 26.5 Å². The fourth-order valence-electron chi connectivity index (χ4n) is 9.65. The maximum Gasteiger partial charge on any atom is 0.306 e. The Morgan fingerprint density at radius 1 is 0.405 bits per heavy atom. The summed E-state index contributed by atoms with van der Waals surface area (Å²) in [5.74, 6) is -0.823. The maximum atomic E-state index is 12.8. The Morgan fingerprint density at radius 3 is 1.09 bits per heavy atom. The zero-order chi connectivity index (χ0) is 57.7. The molecule has 0 heterocycles. The van der Waals surface area contributed by atoms with E-state index in [9.17, 15) is 19.0 Å². The SMILES string of the molecule is CC/C=C\C/C=C\C/C=C\C/C=C\CCCCCCCCCCCCCCCCCCCCCCCCCCC(=O)OC(COC(=O)CCCCCCCCC/C=C\CCCCCCCCC)COP(=O)([O-])OCC[N+](C)(C)C. The van der Waals surface area contributed by atoms with Gasteiger partial charge in [0.25, 0.3) is 7.82 Å². The van der Waals surface area contributed by atoms with Crippen molar-refractivity contribution in [2.45, 2.75) is 322 Å². The zero-order valence-corrected chi connectivity index (χ0v) is 53.5. The first kappa shape index (κ1) is 76.7. The lowest BCUT2D eigenvalue weighted by molar-refractivity contribution is -0.870. The molecule has 0 saturated carbocycles. The van der Waals surface area contributed by atoms with Crippen molar-refractivity contribution >= 4 is 19.8 Å².